The number of benzene rings is 2. The van der Waals surface area contributed by atoms with E-state index < -0.39 is 17.5 Å². The van der Waals surface area contributed by atoms with Crippen LogP contribution in [-0.2, 0) is 23.2 Å². The fourth-order valence-corrected chi connectivity index (χ4v) is 4.53. The van der Waals surface area contributed by atoms with Gasteiger partial charge in [0.25, 0.3) is 11.8 Å². The molecule has 2 aromatic carbocycles. The lowest BCUT2D eigenvalue weighted by atomic mass is 9.92. The van der Waals surface area contributed by atoms with Crippen molar-refractivity contribution >= 4 is 23.5 Å². The molecule has 0 bridgehead atoms. The Morgan fingerprint density at radius 3 is 2.58 bits per heavy atom. The van der Waals surface area contributed by atoms with Crippen LogP contribution in [0.15, 0.2) is 48.5 Å². The second kappa shape index (κ2) is 7.88. The highest BCUT2D eigenvalue weighted by molar-refractivity contribution is 6.07. The van der Waals surface area contributed by atoms with Gasteiger partial charge in [0.05, 0.1) is 5.69 Å². The Labute approximate surface area is 191 Å². The molecular formula is C25H25N5O3. The first kappa shape index (κ1) is 20.9. The maximum atomic E-state index is 13.3. The highest BCUT2D eigenvalue weighted by Crippen LogP contribution is 2.29. The van der Waals surface area contributed by atoms with E-state index in [1.54, 1.807) is 31.2 Å². The van der Waals surface area contributed by atoms with Gasteiger partial charge in [-0.1, -0.05) is 29.8 Å². The molecule has 1 fully saturated rings. The van der Waals surface area contributed by atoms with Gasteiger partial charge < -0.3 is 10.6 Å². The lowest BCUT2D eigenvalue weighted by molar-refractivity contribution is -0.123. The minimum absolute atomic E-state index is 0.291. The first-order chi connectivity index (χ1) is 15.8. The molecule has 8 nitrogen and oxygen atoms in total. The number of carbonyl (C=O) groups is 3. The number of nitrogens with one attached hydrogen (secondary N) is 3. The summed E-state index contributed by atoms with van der Waals surface area (Å²) in [6, 6.07) is 14.5. The van der Waals surface area contributed by atoms with Gasteiger partial charge in [0, 0.05) is 16.9 Å². The van der Waals surface area contributed by atoms with E-state index in [-0.39, 0.29) is 5.91 Å². The minimum atomic E-state index is -1.19. The number of hydrogen-bond donors (Lipinski definition) is 3. The van der Waals surface area contributed by atoms with Gasteiger partial charge in [-0.15, -0.1) is 0 Å². The van der Waals surface area contributed by atoms with Crippen LogP contribution in [-0.4, -0.2) is 27.6 Å². The van der Waals surface area contributed by atoms with E-state index in [0.717, 1.165) is 42.6 Å². The van der Waals surface area contributed by atoms with Crippen LogP contribution in [0.4, 0.5) is 10.5 Å². The molecule has 8 heteroatoms. The molecule has 1 aromatic heterocycles. The molecule has 0 radical (unpaired) electrons. The third kappa shape index (κ3) is 3.67. The van der Waals surface area contributed by atoms with Crippen molar-refractivity contribution in [1.82, 2.24) is 20.4 Å². The van der Waals surface area contributed by atoms with E-state index in [9.17, 15) is 14.4 Å². The van der Waals surface area contributed by atoms with Crippen molar-refractivity contribution in [2.24, 2.45) is 0 Å². The van der Waals surface area contributed by atoms with Crippen LogP contribution in [0.1, 0.15) is 52.6 Å². The van der Waals surface area contributed by atoms with Gasteiger partial charge in [0.2, 0.25) is 0 Å². The summed E-state index contributed by atoms with van der Waals surface area (Å²) in [6.45, 7) is 3.67. The molecule has 0 spiro atoms. The molecule has 1 atom stereocenters. The Hall–Kier alpha value is -3.94. The molecule has 1 unspecified atom stereocenters. The van der Waals surface area contributed by atoms with Crippen molar-refractivity contribution in [3.05, 3.63) is 76.6 Å². The maximum Gasteiger partial charge on any atom is 0.322 e. The number of fused-ring (bicyclic) bond motifs is 1. The number of imide groups is 1. The second-order valence-corrected chi connectivity index (χ2v) is 8.80. The molecule has 5 rings (SSSR count). The summed E-state index contributed by atoms with van der Waals surface area (Å²) in [7, 11) is 0. The van der Waals surface area contributed by atoms with E-state index >= 15 is 0 Å². The second-order valence-electron chi connectivity index (χ2n) is 8.80. The van der Waals surface area contributed by atoms with E-state index in [2.05, 4.69) is 16.0 Å². The van der Waals surface area contributed by atoms with Crippen molar-refractivity contribution in [2.75, 3.05) is 5.32 Å². The van der Waals surface area contributed by atoms with Crippen molar-refractivity contribution in [2.45, 2.75) is 45.1 Å². The first-order valence-corrected chi connectivity index (χ1v) is 11.1. The summed E-state index contributed by atoms with van der Waals surface area (Å²) in [5, 5.41) is 12.5. The summed E-state index contributed by atoms with van der Waals surface area (Å²) in [4.78, 5) is 37.2. The number of carbonyl (C=O) groups excluding carboxylic acids is 3. The lowest BCUT2D eigenvalue weighted by Gasteiger charge is -2.21. The average Bonchev–Trinajstić information content (AvgIpc) is 3.32. The Kier molecular flexibility index (Phi) is 5.00. The SMILES string of the molecule is Cc1ccc(-n2nc(C(=O)Nc3cccc(C4(C)NC(=O)NC4=O)c3)c3c2CCCC3)cc1. The number of amides is 4. The fourth-order valence-electron chi connectivity index (χ4n) is 4.53. The van der Waals surface area contributed by atoms with Crippen molar-refractivity contribution in [3.63, 3.8) is 0 Å². The van der Waals surface area contributed by atoms with Crippen LogP contribution in [0, 0.1) is 6.92 Å². The topological polar surface area (TPSA) is 105 Å². The van der Waals surface area contributed by atoms with Crippen molar-refractivity contribution in [3.8, 4) is 5.69 Å². The third-order valence-corrected chi connectivity index (χ3v) is 6.42. The minimum Gasteiger partial charge on any atom is -0.321 e. The van der Waals surface area contributed by atoms with Crippen LogP contribution in [0.2, 0.25) is 0 Å². The number of hydrogen-bond acceptors (Lipinski definition) is 4. The van der Waals surface area contributed by atoms with E-state index in [1.165, 1.54) is 5.56 Å². The van der Waals surface area contributed by atoms with Gasteiger partial charge in [-0.3, -0.25) is 14.9 Å². The Morgan fingerprint density at radius 1 is 1.09 bits per heavy atom. The fraction of sp³-hybridized carbons (Fsp3) is 0.280. The number of rotatable bonds is 4. The summed E-state index contributed by atoms with van der Waals surface area (Å²) in [5.74, 6) is -0.719. The van der Waals surface area contributed by atoms with Crippen molar-refractivity contribution in [1.29, 1.82) is 0 Å². The van der Waals surface area contributed by atoms with Gasteiger partial charge in [0.1, 0.15) is 5.54 Å². The van der Waals surface area contributed by atoms with Crippen LogP contribution < -0.4 is 16.0 Å². The first-order valence-electron chi connectivity index (χ1n) is 11.1. The molecular weight excluding hydrogens is 418 g/mol. The molecule has 33 heavy (non-hydrogen) atoms. The lowest BCUT2D eigenvalue weighted by Crippen LogP contribution is -2.40. The standard InChI is InChI=1S/C25H25N5O3/c1-15-10-12-18(13-11-15)30-20-9-4-3-8-19(20)21(29-30)22(31)26-17-7-5-6-16(14-17)25(2)23(32)27-24(33)28-25/h5-7,10-14H,3-4,8-9H2,1-2H3,(H,26,31)(H2,27,28,32,33). The maximum absolute atomic E-state index is 13.3. The van der Waals surface area contributed by atoms with Crippen molar-refractivity contribution < 1.29 is 14.4 Å². The number of aromatic nitrogens is 2. The molecule has 2 aliphatic rings. The molecule has 1 aliphatic heterocycles. The molecule has 3 N–H and O–H groups in total. The summed E-state index contributed by atoms with van der Waals surface area (Å²) in [6.07, 6.45) is 3.79. The molecule has 4 amide bonds. The van der Waals surface area contributed by atoms with E-state index in [0.29, 0.717) is 16.9 Å². The predicted octanol–water partition coefficient (Wildman–Crippen LogP) is 3.37. The van der Waals surface area contributed by atoms with Crippen LogP contribution in [0.3, 0.4) is 0 Å². The monoisotopic (exact) mass is 443 g/mol. The van der Waals surface area contributed by atoms with Crippen LogP contribution in [0.5, 0.6) is 0 Å². The smallest absolute Gasteiger partial charge is 0.321 e. The van der Waals surface area contributed by atoms with Gasteiger partial charge in [-0.25, -0.2) is 9.48 Å². The predicted molar refractivity (Wildman–Crippen MR) is 123 cm³/mol. The molecule has 168 valence electrons. The Balaban J connectivity index is 1.46. The Bertz CT molecular complexity index is 1280. The number of anilines is 1. The van der Waals surface area contributed by atoms with Crippen LogP contribution in [0.25, 0.3) is 5.69 Å². The molecule has 1 saturated heterocycles. The highest BCUT2D eigenvalue weighted by Gasteiger charge is 2.43. The van der Waals surface area contributed by atoms with Gasteiger partial charge >= 0.3 is 6.03 Å². The largest absolute Gasteiger partial charge is 0.322 e. The quantitative estimate of drug-likeness (QED) is 0.538. The van der Waals surface area contributed by atoms with Gasteiger partial charge in [-0.05, 0) is 69.4 Å². The number of aryl methyl sites for hydroxylation is 1. The Morgan fingerprint density at radius 2 is 1.85 bits per heavy atom. The zero-order valence-electron chi connectivity index (χ0n) is 18.6. The molecule has 0 saturated carbocycles. The zero-order chi connectivity index (χ0) is 23.2. The number of urea groups is 1. The average molecular weight is 444 g/mol. The highest BCUT2D eigenvalue weighted by atomic mass is 16.2. The summed E-state index contributed by atoms with van der Waals surface area (Å²) < 4.78 is 1.89. The molecule has 3 aromatic rings. The zero-order valence-corrected chi connectivity index (χ0v) is 18.6. The van der Waals surface area contributed by atoms with Gasteiger partial charge in [0.15, 0.2) is 5.69 Å². The van der Waals surface area contributed by atoms with Crippen LogP contribution >= 0.6 is 0 Å². The molecule has 2 heterocycles. The van der Waals surface area contributed by atoms with E-state index in [1.807, 2.05) is 35.9 Å². The normalized spacial score (nSPS) is 19.6. The summed E-state index contributed by atoms with van der Waals surface area (Å²) in [5.41, 5.74) is 4.52. The number of nitrogens with zero attached hydrogens (tertiary/aromatic N) is 2. The van der Waals surface area contributed by atoms with E-state index in [4.69, 9.17) is 5.10 Å². The van der Waals surface area contributed by atoms with Gasteiger partial charge in [-0.2, -0.15) is 5.10 Å². The summed E-state index contributed by atoms with van der Waals surface area (Å²) >= 11 is 0. The molecule has 1 aliphatic carbocycles. The third-order valence-electron chi connectivity index (χ3n) is 6.42.